The Hall–Kier alpha value is -1.47. The van der Waals surface area contributed by atoms with E-state index in [4.69, 9.17) is 16.3 Å². The standard InChI is InChI=1S/C16H17ClO/c1-3-13-14(10-7-11-15(13)18-2)16(17)12-8-5-4-6-9-12/h4-11,16H,3H2,1-2H3. The molecule has 0 fully saturated rings. The summed E-state index contributed by atoms with van der Waals surface area (Å²) in [6.07, 6.45) is 0.912. The van der Waals surface area contributed by atoms with Crippen LogP contribution in [0.5, 0.6) is 5.75 Å². The van der Waals surface area contributed by atoms with Crippen molar-refractivity contribution in [3.63, 3.8) is 0 Å². The van der Waals surface area contributed by atoms with Crippen LogP contribution in [0.15, 0.2) is 48.5 Å². The zero-order chi connectivity index (χ0) is 13.0. The molecule has 2 rings (SSSR count). The van der Waals surface area contributed by atoms with Crippen molar-refractivity contribution in [1.29, 1.82) is 0 Å². The van der Waals surface area contributed by atoms with E-state index >= 15 is 0 Å². The van der Waals surface area contributed by atoms with Gasteiger partial charge in [-0.2, -0.15) is 0 Å². The molecule has 0 aromatic heterocycles. The smallest absolute Gasteiger partial charge is 0.122 e. The average Bonchev–Trinajstić information content (AvgIpc) is 2.46. The van der Waals surface area contributed by atoms with Gasteiger partial charge >= 0.3 is 0 Å². The summed E-state index contributed by atoms with van der Waals surface area (Å²) in [6.45, 7) is 2.12. The maximum atomic E-state index is 6.59. The zero-order valence-corrected chi connectivity index (χ0v) is 11.4. The number of ether oxygens (including phenoxy) is 1. The Kier molecular flexibility index (Phi) is 4.27. The van der Waals surface area contributed by atoms with Crippen molar-refractivity contribution >= 4 is 11.6 Å². The Morgan fingerprint density at radius 3 is 2.39 bits per heavy atom. The van der Waals surface area contributed by atoms with Gasteiger partial charge in [0.1, 0.15) is 5.75 Å². The number of hydrogen-bond donors (Lipinski definition) is 0. The Balaban J connectivity index is 2.45. The molecule has 1 atom stereocenters. The lowest BCUT2D eigenvalue weighted by atomic mass is 9.97. The molecule has 0 heterocycles. The van der Waals surface area contributed by atoms with Crippen LogP contribution in [0.3, 0.4) is 0 Å². The van der Waals surface area contributed by atoms with Gasteiger partial charge in [-0.3, -0.25) is 0 Å². The van der Waals surface area contributed by atoms with E-state index in [2.05, 4.69) is 25.1 Å². The highest BCUT2D eigenvalue weighted by atomic mass is 35.5. The number of rotatable bonds is 4. The predicted octanol–water partition coefficient (Wildman–Crippen LogP) is 4.59. The summed E-state index contributed by atoms with van der Waals surface area (Å²) in [5.74, 6) is 0.914. The van der Waals surface area contributed by atoms with Crippen molar-refractivity contribution in [2.75, 3.05) is 7.11 Å². The molecule has 0 saturated heterocycles. The van der Waals surface area contributed by atoms with Gasteiger partial charge in [-0.25, -0.2) is 0 Å². The molecule has 1 unspecified atom stereocenters. The normalized spacial score (nSPS) is 12.2. The van der Waals surface area contributed by atoms with Gasteiger partial charge in [0.2, 0.25) is 0 Å². The highest BCUT2D eigenvalue weighted by molar-refractivity contribution is 6.22. The van der Waals surface area contributed by atoms with Crippen molar-refractivity contribution in [3.8, 4) is 5.75 Å². The molecular weight excluding hydrogens is 244 g/mol. The average molecular weight is 261 g/mol. The lowest BCUT2D eigenvalue weighted by Crippen LogP contribution is -2.01. The van der Waals surface area contributed by atoms with Crippen LogP contribution in [-0.2, 0) is 6.42 Å². The second kappa shape index (κ2) is 5.92. The van der Waals surface area contributed by atoms with Crippen LogP contribution in [0.1, 0.15) is 29.0 Å². The van der Waals surface area contributed by atoms with E-state index < -0.39 is 0 Å². The second-order valence-electron chi connectivity index (χ2n) is 4.15. The molecule has 18 heavy (non-hydrogen) atoms. The summed E-state index contributed by atoms with van der Waals surface area (Å²) < 4.78 is 5.40. The molecule has 0 bridgehead atoms. The van der Waals surface area contributed by atoms with Crippen LogP contribution < -0.4 is 4.74 Å². The minimum absolute atomic E-state index is 0.128. The molecule has 0 saturated carbocycles. The van der Waals surface area contributed by atoms with E-state index in [0.717, 1.165) is 23.3 Å². The fraction of sp³-hybridized carbons (Fsp3) is 0.250. The number of methoxy groups -OCH3 is 1. The summed E-state index contributed by atoms with van der Waals surface area (Å²) in [5.41, 5.74) is 3.43. The van der Waals surface area contributed by atoms with E-state index in [1.807, 2.05) is 30.3 Å². The fourth-order valence-electron chi connectivity index (χ4n) is 2.19. The lowest BCUT2D eigenvalue weighted by Gasteiger charge is -2.17. The van der Waals surface area contributed by atoms with Crippen LogP contribution in [-0.4, -0.2) is 7.11 Å². The lowest BCUT2D eigenvalue weighted by molar-refractivity contribution is 0.409. The van der Waals surface area contributed by atoms with Crippen molar-refractivity contribution in [1.82, 2.24) is 0 Å². The minimum atomic E-state index is -0.128. The van der Waals surface area contributed by atoms with Crippen LogP contribution >= 0.6 is 11.6 Å². The molecule has 0 amide bonds. The third-order valence-corrected chi connectivity index (χ3v) is 3.60. The van der Waals surface area contributed by atoms with Crippen LogP contribution in [0.2, 0.25) is 0 Å². The first-order valence-electron chi connectivity index (χ1n) is 6.12. The van der Waals surface area contributed by atoms with Crippen LogP contribution in [0.4, 0.5) is 0 Å². The number of hydrogen-bond acceptors (Lipinski definition) is 1. The molecule has 1 nitrogen and oxygen atoms in total. The van der Waals surface area contributed by atoms with Crippen molar-refractivity contribution in [2.24, 2.45) is 0 Å². The Morgan fingerprint density at radius 1 is 1.06 bits per heavy atom. The summed E-state index contributed by atoms with van der Waals surface area (Å²) in [5, 5.41) is -0.128. The van der Waals surface area contributed by atoms with Gasteiger partial charge in [0, 0.05) is 0 Å². The minimum Gasteiger partial charge on any atom is -0.496 e. The molecule has 0 aliphatic carbocycles. The molecular formula is C16H17ClO. The van der Waals surface area contributed by atoms with Crippen LogP contribution in [0.25, 0.3) is 0 Å². The first-order chi connectivity index (χ1) is 8.77. The topological polar surface area (TPSA) is 9.23 Å². The summed E-state index contributed by atoms with van der Waals surface area (Å²) in [6, 6.07) is 16.2. The molecule has 0 N–H and O–H groups in total. The molecule has 2 aromatic carbocycles. The Morgan fingerprint density at radius 2 is 1.78 bits per heavy atom. The van der Waals surface area contributed by atoms with E-state index in [9.17, 15) is 0 Å². The highest BCUT2D eigenvalue weighted by Crippen LogP contribution is 2.35. The van der Waals surface area contributed by atoms with Crippen molar-refractivity contribution in [3.05, 3.63) is 65.2 Å². The first kappa shape index (κ1) is 13.0. The third kappa shape index (κ3) is 2.51. The SMILES string of the molecule is CCc1c(OC)cccc1C(Cl)c1ccccc1. The van der Waals surface area contributed by atoms with E-state index in [1.54, 1.807) is 7.11 Å². The summed E-state index contributed by atoms with van der Waals surface area (Å²) in [7, 11) is 1.70. The second-order valence-corrected chi connectivity index (χ2v) is 4.59. The van der Waals surface area contributed by atoms with Gasteiger partial charge in [0.05, 0.1) is 12.5 Å². The number of halogens is 1. The van der Waals surface area contributed by atoms with Gasteiger partial charge in [0.15, 0.2) is 0 Å². The van der Waals surface area contributed by atoms with Crippen LogP contribution in [0, 0.1) is 0 Å². The molecule has 0 spiro atoms. The van der Waals surface area contributed by atoms with Crippen molar-refractivity contribution in [2.45, 2.75) is 18.7 Å². The van der Waals surface area contributed by atoms with E-state index in [0.29, 0.717) is 0 Å². The molecule has 2 heteroatoms. The maximum absolute atomic E-state index is 6.59. The molecule has 0 radical (unpaired) electrons. The van der Waals surface area contributed by atoms with E-state index in [1.165, 1.54) is 5.56 Å². The van der Waals surface area contributed by atoms with Gasteiger partial charge in [-0.1, -0.05) is 49.4 Å². The largest absolute Gasteiger partial charge is 0.496 e. The number of alkyl halides is 1. The predicted molar refractivity (Wildman–Crippen MR) is 76.5 cm³/mol. The van der Waals surface area contributed by atoms with Crippen molar-refractivity contribution < 1.29 is 4.74 Å². The molecule has 0 aliphatic rings. The molecule has 94 valence electrons. The highest BCUT2D eigenvalue weighted by Gasteiger charge is 2.16. The summed E-state index contributed by atoms with van der Waals surface area (Å²) in [4.78, 5) is 0. The zero-order valence-electron chi connectivity index (χ0n) is 10.7. The quantitative estimate of drug-likeness (QED) is 0.731. The van der Waals surface area contributed by atoms with Gasteiger partial charge in [-0.15, -0.1) is 11.6 Å². The van der Waals surface area contributed by atoms with E-state index in [-0.39, 0.29) is 5.38 Å². The fourth-order valence-corrected chi connectivity index (χ4v) is 2.54. The Labute approximate surface area is 113 Å². The third-order valence-electron chi connectivity index (χ3n) is 3.11. The first-order valence-corrected chi connectivity index (χ1v) is 6.56. The maximum Gasteiger partial charge on any atom is 0.122 e. The molecule has 0 aliphatic heterocycles. The monoisotopic (exact) mass is 260 g/mol. The van der Waals surface area contributed by atoms with Gasteiger partial charge in [-0.05, 0) is 29.2 Å². The number of benzene rings is 2. The summed E-state index contributed by atoms with van der Waals surface area (Å²) >= 11 is 6.59. The van der Waals surface area contributed by atoms with Gasteiger partial charge in [0.25, 0.3) is 0 Å². The Bertz CT molecular complexity index is 508. The van der Waals surface area contributed by atoms with Gasteiger partial charge < -0.3 is 4.74 Å². The molecule has 2 aromatic rings.